The van der Waals surface area contributed by atoms with Gasteiger partial charge in [0.05, 0.1) is 11.1 Å². The highest BCUT2D eigenvalue weighted by Gasteiger charge is 2.39. The van der Waals surface area contributed by atoms with Gasteiger partial charge in [0, 0.05) is 12.0 Å². The molecule has 0 bridgehead atoms. The van der Waals surface area contributed by atoms with Crippen LogP contribution in [0.5, 0.6) is 11.5 Å². The van der Waals surface area contributed by atoms with Gasteiger partial charge in [-0.15, -0.1) is 0 Å². The van der Waals surface area contributed by atoms with Crippen molar-refractivity contribution in [2.24, 2.45) is 0 Å². The molecule has 1 aliphatic heterocycles. The maximum atomic E-state index is 6.33. The molecular weight excluding hydrogens is 308 g/mol. The van der Waals surface area contributed by atoms with Gasteiger partial charge in [0.1, 0.15) is 11.5 Å². The molecule has 0 spiro atoms. The van der Waals surface area contributed by atoms with Crippen molar-refractivity contribution in [3.05, 3.63) is 22.2 Å². The van der Waals surface area contributed by atoms with Gasteiger partial charge in [-0.25, -0.2) is 0 Å². The number of rotatable bonds is 2. The Morgan fingerprint density at radius 1 is 1.28 bits per heavy atom. The summed E-state index contributed by atoms with van der Waals surface area (Å²) in [7, 11) is -1.76. The van der Waals surface area contributed by atoms with Crippen LogP contribution in [0.1, 0.15) is 26.3 Å². The Kier molecular flexibility index (Phi) is 3.53. The lowest BCUT2D eigenvalue weighted by Crippen LogP contribution is -2.43. The van der Waals surface area contributed by atoms with E-state index in [4.69, 9.17) is 9.16 Å². The molecule has 0 saturated heterocycles. The number of hydrogen-bond donors (Lipinski definition) is 0. The van der Waals surface area contributed by atoms with Gasteiger partial charge in [0.2, 0.25) is 8.32 Å². The summed E-state index contributed by atoms with van der Waals surface area (Å²) < 4.78 is 12.9. The standard InChI is InChI=1S/C14H21BrO2Si/c1-14(2,3)18(4,5)17-11-8-10-6-7-16-13(10)12(15)9-11/h8-9H,6-7H2,1-5H3. The Morgan fingerprint density at radius 3 is 2.56 bits per heavy atom. The van der Waals surface area contributed by atoms with Gasteiger partial charge in [-0.3, -0.25) is 0 Å². The van der Waals surface area contributed by atoms with Crippen molar-refractivity contribution in [3.8, 4) is 11.5 Å². The van der Waals surface area contributed by atoms with E-state index in [1.165, 1.54) is 5.56 Å². The second-order valence-electron chi connectivity index (χ2n) is 6.35. The highest BCUT2D eigenvalue weighted by atomic mass is 79.9. The molecule has 4 heteroatoms. The Balaban J connectivity index is 2.29. The van der Waals surface area contributed by atoms with E-state index in [1.807, 2.05) is 6.07 Å². The third kappa shape index (κ3) is 2.59. The first-order chi connectivity index (χ1) is 8.21. The molecule has 0 amide bonds. The van der Waals surface area contributed by atoms with Crippen LogP contribution >= 0.6 is 15.9 Å². The van der Waals surface area contributed by atoms with E-state index in [-0.39, 0.29) is 5.04 Å². The molecule has 0 atom stereocenters. The first-order valence-electron chi connectivity index (χ1n) is 6.35. The van der Waals surface area contributed by atoms with Crippen LogP contribution in [-0.4, -0.2) is 14.9 Å². The van der Waals surface area contributed by atoms with Gasteiger partial charge in [-0.2, -0.15) is 0 Å². The van der Waals surface area contributed by atoms with Crippen LogP contribution in [0.15, 0.2) is 16.6 Å². The van der Waals surface area contributed by atoms with E-state index >= 15 is 0 Å². The SMILES string of the molecule is CC(C)(C)[Si](C)(C)Oc1cc(Br)c2c(c1)CCO2. The Morgan fingerprint density at radius 2 is 1.94 bits per heavy atom. The minimum absolute atomic E-state index is 0.217. The van der Waals surface area contributed by atoms with Crippen molar-refractivity contribution >= 4 is 24.2 Å². The van der Waals surface area contributed by atoms with E-state index in [9.17, 15) is 0 Å². The first kappa shape index (κ1) is 13.9. The van der Waals surface area contributed by atoms with E-state index in [2.05, 4.69) is 55.9 Å². The lowest BCUT2D eigenvalue weighted by atomic mass is 10.2. The van der Waals surface area contributed by atoms with Gasteiger partial charge in [0.25, 0.3) is 0 Å². The summed E-state index contributed by atoms with van der Waals surface area (Å²) in [5.74, 6) is 1.95. The fraction of sp³-hybridized carbons (Fsp3) is 0.571. The van der Waals surface area contributed by atoms with Gasteiger partial charge < -0.3 is 9.16 Å². The maximum Gasteiger partial charge on any atom is 0.250 e. The first-order valence-corrected chi connectivity index (χ1v) is 10.0. The number of fused-ring (bicyclic) bond motifs is 1. The van der Waals surface area contributed by atoms with Crippen LogP contribution in [0.2, 0.25) is 18.1 Å². The number of ether oxygens (including phenoxy) is 1. The second-order valence-corrected chi connectivity index (χ2v) is 11.9. The molecule has 18 heavy (non-hydrogen) atoms. The summed E-state index contributed by atoms with van der Waals surface area (Å²) in [4.78, 5) is 0. The minimum atomic E-state index is -1.76. The monoisotopic (exact) mass is 328 g/mol. The second kappa shape index (κ2) is 4.56. The van der Waals surface area contributed by atoms with Crippen LogP contribution in [0.25, 0.3) is 0 Å². The van der Waals surface area contributed by atoms with Crippen molar-refractivity contribution < 1.29 is 9.16 Å². The highest BCUT2D eigenvalue weighted by Crippen LogP contribution is 2.41. The van der Waals surface area contributed by atoms with Gasteiger partial charge in [-0.1, -0.05) is 20.8 Å². The van der Waals surface area contributed by atoms with Crippen LogP contribution < -0.4 is 9.16 Å². The molecular formula is C14H21BrO2Si. The predicted octanol–water partition coefficient (Wildman–Crippen LogP) is 4.77. The average molecular weight is 329 g/mol. The smallest absolute Gasteiger partial charge is 0.250 e. The van der Waals surface area contributed by atoms with E-state index < -0.39 is 8.32 Å². The summed E-state index contributed by atoms with van der Waals surface area (Å²) in [6.45, 7) is 12.1. The molecule has 0 aliphatic carbocycles. The number of halogens is 1. The molecule has 0 aromatic heterocycles. The lowest BCUT2D eigenvalue weighted by molar-refractivity contribution is 0.354. The molecule has 1 heterocycles. The molecule has 1 aromatic rings. The Hall–Kier alpha value is -0.483. The maximum absolute atomic E-state index is 6.33. The van der Waals surface area contributed by atoms with Crippen LogP contribution in [0.4, 0.5) is 0 Å². The van der Waals surface area contributed by atoms with E-state index in [1.54, 1.807) is 0 Å². The zero-order chi connectivity index (χ0) is 13.6. The van der Waals surface area contributed by atoms with E-state index in [0.717, 1.165) is 29.0 Å². The van der Waals surface area contributed by atoms with Crippen molar-refractivity contribution in [1.29, 1.82) is 0 Å². The topological polar surface area (TPSA) is 18.5 Å². The highest BCUT2D eigenvalue weighted by molar-refractivity contribution is 9.10. The van der Waals surface area contributed by atoms with Gasteiger partial charge in [0.15, 0.2) is 0 Å². The third-order valence-corrected chi connectivity index (χ3v) is 8.84. The third-order valence-electron chi connectivity index (χ3n) is 3.89. The molecule has 2 rings (SSSR count). The summed E-state index contributed by atoms with van der Waals surface area (Å²) in [6, 6.07) is 4.16. The molecule has 1 aromatic carbocycles. The number of hydrogen-bond acceptors (Lipinski definition) is 2. The predicted molar refractivity (Wildman–Crippen MR) is 81.2 cm³/mol. The normalized spacial score (nSPS) is 15.2. The zero-order valence-corrected chi connectivity index (χ0v) is 14.3. The van der Waals surface area contributed by atoms with Gasteiger partial charge >= 0.3 is 0 Å². The lowest BCUT2D eigenvalue weighted by Gasteiger charge is -2.36. The summed E-state index contributed by atoms with van der Waals surface area (Å²) in [6.07, 6.45) is 0.975. The van der Waals surface area contributed by atoms with Gasteiger partial charge in [-0.05, 0) is 46.2 Å². The molecule has 1 aliphatic rings. The molecule has 100 valence electrons. The van der Waals surface area contributed by atoms with E-state index in [0.29, 0.717) is 0 Å². The molecule has 2 nitrogen and oxygen atoms in total. The van der Waals surface area contributed by atoms with Crippen molar-refractivity contribution in [2.45, 2.75) is 45.3 Å². The van der Waals surface area contributed by atoms with Crippen molar-refractivity contribution in [3.63, 3.8) is 0 Å². The fourth-order valence-electron chi connectivity index (χ4n) is 1.74. The Bertz CT molecular complexity index is 464. The summed E-state index contributed by atoms with van der Waals surface area (Å²) in [5, 5.41) is 0.217. The zero-order valence-electron chi connectivity index (χ0n) is 11.8. The molecule has 0 unspecified atom stereocenters. The quantitative estimate of drug-likeness (QED) is 0.728. The molecule has 0 fully saturated rings. The molecule has 0 saturated carbocycles. The van der Waals surface area contributed by atoms with Crippen molar-refractivity contribution in [1.82, 2.24) is 0 Å². The van der Waals surface area contributed by atoms with Crippen LogP contribution in [-0.2, 0) is 6.42 Å². The van der Waals surface area contributed by atoms with Crippen LogP contribution in [0.3, 0.4) is 0 Å². The van der Waals surface area contributed by atoms with Crippen molar-refractivity contribution in [2.75, 3.05) is 6.61 Å². The summed E-state index contributed by atoms with van der Waals surface area (Å²) in [5.41, 5.74) is 1.25. The summed E-state index contributed by atoms with van der Waals surface area (Å²) >= 11 is 3.57. The number of benzene rings is 1. The fourth-order valence-corrected chi connectivity index (χ4v) is 3.35. The average Bonchev–Trinajstić information content (AvgIpc) is 2.63. The van der Waals surface area contributed by atoms with Crippen LogP contribution in [0, 0.1) is 0 Å². The minimum Gasteiger partial charge on any atom is -0.543 e. The molecule has 0 N–H and O–H groups in total. The Labute approximate surface area is 119 Å². The largest absolute Gasteiger partial charge is 0.543 e. The molecule has 0 radical (unpaired) electrons.